The van der Waals surface area contributed by atoms with Crippen LogP contribution in [0.1, 0.15) is 42.9 Å². The van der Waals surface area contributed by atoms with Gasteiger partial charge in [-0.3, -0.25) is 4.79 Å². The summed E-state index contributed by atoms with van der Waals surface area (Å²) in [7, 11) is -1.87. The van der Waals surface area contributed by atoms with E-state index in [-0.39, 0.29) is 17.9 Å². The van der Waals surface area contributed by atoms with E-state index in [1.807, 2.05) is 48.2 Å². The van der Waals surface area contributed by atoms with Crippen LogP contribution in [0.15, 0.2) is 53.4 Å². The number of likely N-dealkylation sites (tertiary alicyclic amines) is 1. The van der Waals surface area contributed by atoms with Crippen molar-refractivity contribution < 1.29 is 17.9 Å². The van der Waals surface area contributed by atoms with Gasteiger partial charge in [-0.15, -0.1) is 0 Å². The Balaban J connectivity index is 1.41. The molecule has 0 aliphatic carbocycles. The molecule has 4 rings (SSSR count). The van der Waals surface area contributed by atoms with Gasteiger partial charge >= 0.3 is 0 Å². The number of carbonyl (C=O) groups excluding carboxylic acids is 1. The Morgan fingerprint density at radius 1 is 0.935 bits per heavy atom. The second kappa shape index (κ2) is 9.01. The lowest BCUT2D eigenvalue weighted by molar-refractivity contribution is -0.137. The molecule has 7 heteroatoms. The molecule has 1 amide bonds. The van der Waals surface area contributed by atoms with E-state index in [0.717, 1.165) is 36.3 Å². The summed E-state index contributed by atoms with van der Waals surface area (Å²) < 4.78 is 32.6. The molecule has 6 nitrogen and oxygen atoms in total. The Kier molecular flexibility index (Phi) is 6.34. The predicted octanol–water partition coefficient (Wildman–Crippen LogP) is 3.77. The number of piperidine rings is 1. The van der Waals surface area contributed by atoms with Crippen LogP contribution in [0.3, 0.4) is 0 Å². The van der Waals surface area contributed by atoms with Crippen molar-refractivity contribution in [1.82, 2.24) is 9.21 Å². The highest BCUT2D eigenvalue weighted by Crippen LogP contribution is 2.35. The molecule has 166 valence electrons. The fourth-order valence-corrected chi connectivity index (χ4v) is 6.11. The number of nitrogens with zero attached hydrogens (tertiary/aromatic N) is 2. The molecule has 0 aromatic heterocycles. The van der Waals surface area contributed by atoms with E-state index in [0.29, 0.717) is 30.8 Å². The van der Waals surface area contributed by atoms with Crippen molar-refractivity contribution in [2.24, 2.45) is 5.92 Å². The summed E-state index contributed by atoms with van der Waals surface area (Å²) in [5, 5.41) is 0. The average molecular weight is 443 g/mol. The van der Waals surface area contributed by atoms with Crippen molar-refractivity contribution in [3.63, 3.8) is 0 Å². The number of benzene rings is 2. The zero-order chi connectivity index (χ0) is 22.0. The lowest BCUT2D eigenvalue weighted by Crippen LogP contribution is -2.44. The number of hydrogen-bond donors (Lipinski definition) is 0. The topological polar surface area (TPSA) is 66.9 Å². The Morgan fingerprint density at radius 3 is 2.19 bits per heavy atom. The lowest BCUT2D eigenvalue weighted by Gasteiger charge is -2.34. The zero-order valence-corrected chi connectivity index (χ0v) is 19.0. The molecule has 0 radical (unpaired) electrons. The first-order valence-electron chi connectivity index (χ1n) is 10.9. The van der Waals surface area contributed by atoms with E-state index in [9.17, 15) is 13.2 Å². The molecule has 2 aromatic carbocycles. The molecule has 2 aromatic rings. The fourth-order valence-electron chi connectivity index (χ4n) is 4.64. The van der Waals surface area contributed by atoms with Crippen LogP contribution in [0.25, 0.3) is 0 Å². The number of carbonyl (C=O) groups is 1. The molecule has 0 bridgehead atoms. The number of ether oxygens (including phenoxy) is 1. The molecule has 0 saturated carbocycles. The molecule has 0 spiro atoms. The van der Waals surface area contributed by atoms with Crippen LogP contribution in [0.4, 0.5) is 0 Å². The standard InChI is InChI=1S/C24H30N2O4S/c1-18-5-11-22(12-6-18)31(28,29)25-16-13-20(14-17-25)24(27)26-15-3-4-23(26)19-7-9-21(30-2)10-8-19/h5-12,20,23H,3-4,13-17H2,1-2H3. The van der Waals surface area contributed by atoms with Crippen LogP contribution in [0, 0.1) is 12.8 Å². The second-order valence-corrected chi connectivity index (χ2v) is 10.4. The van der Waals surface area contributed by atoms with E-state index < -0.39 is 10.0 Å². The minimum Gasteiger partial charge on any atom is -0.497 e. The summed E-state index contributed by atoms with van der Waals surface area (Å²) >= 11 is 0. The molecule has 31 heavy (non-hydrogen) atoms. The van der Waals surface area contributed by atoms with Gasteiger partial charge in [0.25, 0.3) is 0 Å². The Morgan fingerprint density at radius 2 is 1.58 bits per heavy atom. The summed E-state index contributed by atoms with van der Waals surface area (Å²) in [6, 6.07) is 15.0. The quantitative estimate of drug-likeness (QED) is 0.707. The molecule has 2 heterocycles. The third-order valence-electron chi connectivity index (χ3n) is 6.50. The third-order valence-corrected chi connectivity index (χ3v) is 8.41. The molecular weight excluding hydrogens is 412 g/mol. The number of amides is 1. The highest BCUT2D eigenvalue weighted by Gasteiger charge is 2.37. The van der Waals surface area contributed by atoms with Crippen LogP contribution in [-0.2, 0) is 14.8 Å². The summed E-state index contributed by atoms with van der Waals surface area (Å²) in [5.41, 5.74) is 2.16. The number of rotatable bonds is 5. The minimum absolute atomic E-state index is 0.0905. The van der Waals surface area contributed by atoms with Gasteiger partial charge in [-0.05, 0) is 62.4 Å². The van der Waals surface area contributed by atoms with Crippen LogP contribution < -0.4 is 4.74 Å². The van der Waals surface area contributed by atoms with Gasteiger partial charge in [-0.25, -0.2) is 8.42 Å². The van der Waals surface area contributed by atoms with Gasteiger partial charge in [0.05, 0.1) is 18.0 Å². The van der Waals surface area contributed by atoms with E-state index in [4.69, 9.17) is 4.74 Å². The van der Waals surface area contributed by atoms with Crippen molar-refractivity contribution in [2.45, 2.75) is 43.5 Å². The van der Waals surface area contributed by atoms with Crippen molar-refractivity contribution >= 4 is 15.9 Å². The maximum Gasteiger partial charge on any atom is 0.243 e. The SMILES string of the molecule is COc1ccc(C2CCCN2C(=O)C2CCN(S(=O)(=O)c3ccc(C)cc3)CC2)cc1. The maximum atomic E-state index is 13.3. The largest absolute Gasteiger partial charge is 0.497 e. The molecular formula is C24H30N2O4S. The van der Waals surface area contributed by atoms with Gasteiger partial charge in [0, 0.05) is 25.6 Å². The monoisotopic (exact) mass is 442 g/mol. The predicted molar refractivity (Wildman–Crippen MR) is 119 cm³/mol. The van der Waals surface area contributed by atoms with Crippen molar-refractivity contribution in [2.75, 3.05) is 26.7 Å². The highest BCUT2D eigenvalue weighted by atomic mass is 32.2. The van der Waals surface area contributed by atoms with Crippen LogP contribution in [0.2, 0.25) is 0 Å². The molecule has 2 aliphatic heterocycles. The Hall–Kier alpha value is -2.38. The number of aryl methyl sites for hydroxylation is 1. The third kappa shape index (κ3) is 4.48. The van der Waals surface area contributed by atoms with Gasteiger partial charge < -0.3 is 9.64 Å². The first-order valence-corrected chi connectivity index (χ1v) is 12.4. The van der Waals surface area contributed by atoms with Gasteiger partial charge in [0.2, 0.25) is 15.9 Å². The van der Waals surface area contributed by atoms with Gasteiger partial charge in [0.15, 0.2) is 0 Å². The zero-order valence-electron chi connectivity index (χ0n) is 18.2. The number of methoxy groups -OCH3 is 1. The van der Waals surface area contributed by atoms with Gasteiger partial charge in [-0.2, -0.15) is 4.31 Å². The van der Waals surface area contributed by atoms with Gasteiger partial charge in [-0.1, -0.05) is 29.8 Å². The van der Waals surface area contributed by atoms with E-state index in [1.54, 1.807) is 19.2 Å². The van der Waals surface area contributed by atoms with E-state index >= 15 is 0 Å². The van der Waals surface area contributed by atoms with Crippen LogP contribution in [-0.4, -0.2) is 50.3 Å². The maximum absolute atomic E-state index is 13.3. The number of sulfonamides is 1. The molecule has 1 atom stereocenters. The van der Waals surface area contributed by atoms with Crippen LogP contribution in [0.5, 0.6) is 5.75 Å². The molecule has 1 unspecified atom stereocenters. The van der Waals surface area contributed by atoms with Crippen molar-refractivity contribution in [3.8, 4) is 5.75 Å². The second-order valence-electron chi connectivity index (χ2n) is 8.45. The van der Waals surface area contributed by atoms with Crippen LogP contribution >= 0.6 is 0 Å². The molecule has 2 saturated heterocycles. The summed E-state index contributed by atoms with van der Waals surface area (Å²) in [6.45, 7) is 3.46. The van der Waals surface area contributed by atoms with E-state index in [1.165, 1.54) is 4.31 Å². The Bertz CT molecular complexity index is 1010. The molecule has 2 aliphatic rings. The normalized spacial score (nSPS) is 20.7. The summed E-state index contributed by atoms with van der Waals surface area (Å²) in [6.07, 6.45) is 3.08. The molecule has 2 fully saturated rings. The van der Waals surface area contributed by atoms with Crippen molar-refractivity contribution in [1.29, 1.82) is 0 Å². The first-order chi connectivity index (χ1) is 14.9. The van der Waals surface area contributed by atoms with E-state index in [2.05, 4.69) is 0 Å². The fraction of sp³-hybridized carbons (Fsp3) is 0.458. The highest BCUT2D eigenvalue weighted by molar-refractivity contribution is 7.89. The minimum atomic E-state index is -3.51. The lowest BCUT2D eigenvalue weighted by atomic mass is 9.95. The van der Waals surface area contributed by atoms with Crippen molar-refractivity contribution in [3.05, 3.63) is 59.7 Å². The Labute approximate surface area is 184 Å². The summed E-state index contributed by atoms with van der Waals surface area (Å²) in [5.74, 6) is 0.843. The molecule has 0 N–H and O–H groups in total. The number of hydrogen-bond acceptors (Lipinski definition) is 4. The van der Waals surface area contributed by atoms with Gasteiger partial charge in [0.1, 0.15) is 5.75 Å². The first kappa shape index (κ1) is 21.8. The smallest absolute Gasteiger partial charge is 0.243 e. The summed E-state index contributed by atoms with van der Waals surface area (Å²) in [4.78, 5) is 15.6. The average Bonchev–Trinajstić information content (AvgIpc) is 3.29.